The van der Waals surface area contributed by atoms with Gasteiger partial charge in [0.25, 0.3) is 0 Å². The first-order valence-corrected chi connectivity index (χ1v) is 10.9. The number of allylic oxidation sites excluding steroid dienone is 2. The molecule has 5 N–H and O–H groups in total. The number of hydrogen-bond acceptors (Lipinski definition) is 7. The highest BCUT2D eigenvalue weighted by molar-refractivity contribution is 6.35. The molecular formula is C24H16Cl3N3O4. The van der Waals surface area contributed by atoms with Gasteiger partial charge in [0, 0.05) is 24.3 Å². The van der Waals surface area contributed by atoms with Gasteiger partial charge in [-0.25, -0.2) is 4.99 Å². The fourth-order valence-electron chi connectivity index (χ4n) is 3.08. The van der Waals surface area contributed by atoms with E-state index in [1.54, 1.807) is 6.07 Å². The second-order valence-corrected chi connectivity index (χ2v) is 8.41. The van der Waals surface area contributed by atoms with Crippen molar-refractivity contribution in [2.75, 3.05) is 10.6 Å². The number of hydrogen-bond donors (Lipinski definition) is 5. The Hall–Kier alpha value is -3.65. The van der Waals surface area contributed by atoms with Crippen molar-refractivity contribution >= 4 is 63.4 Å². The van der Waals surface area contributed by atoms with Crippen LogP contribution in [0.2, 0.25) is 15.1 Å². The van der Waals surface area contributed by atoms with Gasteiger partial charge in [0.05, 0.1) is 49.2 Å². The Morgan fingerprint density at radius 3 is 1.68 bits per heavy atom. The minimum absolute atomic E-state index is 0.00817. The van der Waals surface area contributed by atoms with Gasteiger partial charge in [-0.05, 0) is 42.5 Å². The summed E-state index contributed by atoms with van der Waals surface area (Å²) in [6.45, 7) is 0. The minimum atomic E-state index is -0.378. The van der Waals surface area contributed by atoms with Crippen molar-refractivity contribution in [2.24, 2.45) is 4.99 Å². The molecule has 3 aromatic carbocycles. The molecule has 172 valence electrons. The molecule has 0 saturated heterocycles. The molecule has 0 unspecified atom stereocenters. The molecule has 0 aliphatic heterocycles. The normalized spacial score (nSPS) is 14.6. The molecule has 0 aromatic heterocycles. The van der Waals surface area contributed by atoms with E-state index in [4.69, 9.17) is 34.8 Å². The number of nitrogens with zero attached hydrogens (tertiary/aromatic N) is 1. The number of anilines is 2. The average Bonchev–Trinajstić information content (AvgIpc) is 2.76. The van der Waals surface area contributed by atoms with Crippen molar-refractivity contribution in [3.05, 3.63) is 93.2 Å². The van der Waals surface area contributed by atoms with E-state index in [0.717, 1.165) is 0 Å². The van der Waals surface area contributed by atoms with E-state index in [1.165, 1.54) is 60.7 Å². The second-order valence-electron chi connectivity index (χ2n) is 7.19. The molecule has 3 aromatic rings. The molecule has 4 rings (SSSR count). The standard InChI is InChI=1S/C24H16Cl3N3O4/c25-15-7-12(31)1-4-18(15)28-21-10-23(30-20-6-3-14(33)9-17(20)27)24(34)11-22(21)29-19-5-2-13(32)8-16(19)26/h1-11,29-33H/b28-21-. The van der Waals surface area contributed by atoms with Crippen LogP contribution in [0.4, 0.5) is 17.1 Å². The zero-order valence-electron chi connectivity index (χ0n) is 17.2. The van der Waals surface area contributed by atoms with E-state index in [1.807, 2.05) is 0 Å². The summed E-state index contributed by atoms with van der Waals surface area (Å²) < 4.78 is 0. The topological polar surface area (TPSA) is 114 Å². The van der Waals surface area contributed by atoms with Gasteiger partial charge in [0.1, 0.15) is 17.2 Å². The minimum Gasteiger partial charge on any atom is -0.508 e. The van der Waals surface area contributed by atoms with Crippen molar-refractivity contribution < 1.29 is 20.1 Å². The van der Waals surface area contributed by atoms with Crippen LogP contribution in [0.1, 0.15) is 0 Å². The van der Waals surface area contributed by atoms with E-state index in [2.05, 4.69) is 15.6 Å². The molecule has 7 nitrogen and oxygen atoms in total. The smallest absolute Gasteiger partial charge is 0.204 e. The lowest BCUT2D eigenvalue weighted by atomic mass is 10.0. The van der Waals surface area contributed by atoms with Crippen molar-refractivity contribution in [1.82, 2.24) is 0 Å². The van der Waals surface area contributed by atoms with Gasteiger partial charge in [-0.1, -0.05) is 34.8 Å². The predicted octanol–water partition coefficient (Wildman–Crippen LogP) is 6.41. The maximum absolute atomic E-state index is 12.9. The summed E-state index contributed by atoms with van der Waals surface area (Å²) in [5.74, 6) is -0.415. The maximum Gasteiger partial charge on any atom is 0.204 e. The maximum atomic E-state index is 12.9. The van der Waals surface area contributed by atoms with Gasteiger partial charge < -0.3 is 26.0 Å². The number of nitrogens with one attached hydrogen (secondary N) is 2. The molecular weight excluding hydrogens is 501 g/mol. The molecule has 1 aliphatic rings. The quantitative estimate of drug-likeness (QED) is 0.198. The lowest BCUT2D eigenvalue weighted by Gasteiger charge is -2.19. The van der Waals surface area contributed by atoms with E-state index in [-0.39, 0.29) is 43.8 Å². The Morgan fingerprint density at radius 2 is 1.15 bits per heavy atom. The number of ketones is 1. The third-order valence-electron chi connectivity index (χ3n) is 4.71. The lowest BCUT2D eigenvalue weighted by Crippen LogP contribution is -2.22. The van der Waals surface area contributed by atoms with Crippen LogP contribution >= 0.6 is 34.8 Å². The molecule has 0 saturated carbocycles. The van der Waals surface area contributed by atoms with E-state index >= 15 is 0 Å². The fraction of sp³-hybridized carbons (Fsp3) is 0. The third kappa shape index (κ3) is 5.28. The highest BCUT2D eigenvalue weighted by Gasteiger charge is 2.21. The van der Waals surface area contributed by atoms with Crippen molar-refractivity contribution in [3.63, 3.8) is 0 Å². The van der Waals surface area contributed by atoms with E-state index < -0.39 is 0 Å². The second kappa shape index (κ2) is 9.69. The summed E-state index contributed by atoms with van der Waals surface area (Å²) in [5, 5.41) is 35.5. The van der Waals surface area contributed by atoms with Crippen LogP contribution in [0.5, 0.6) is 17.2 Å². The molecule has 0 radical (unpaired) electrons. The molecule has 0 atom stereocenters. The Kier molecular flexibility index (Phi) is 6.70. The number of halogens is 3. The van der Waals surface area contributed by atoms with Crippen molar-refractivity contribution in [2.45, 2.75) is 0 Å². The number of rotatable bonds is 5. The Labute approximate surface area is 209 Å². The zero-order valence-corrected chi connectivity index (χ0v) is 19.4. The van der Waals surface area contributed by atoms with Crippen LogP contribution < -0.4 is 10.6 Å². The van der Waals surface area contributed by atoms with Gasteiger partial charge in [-0.3, -0.25) is 4.79 Å². The third-order valence-corrected chi connectivity index (χ3v) is 5.64. The highest BCUT2D eigenvalue weighted by atomic mass is 35.5. The lowest BCUT2D eigenvalue weighted by molar-refractivity contribution is -0.111. The van der Waals surface area contributed by atoms with Gasteiger partial charge in [0.15, 0.2) is 0 Å². The SMILES string of the molecule is O=C1C=C(Nc2ccc(O)cc2Cl)/C(=N\c2ccc(O)cc2Cl)C=C1Nc1ccc(O)cc1Cl. The van der Waals surface area contributed by atoms with Gasteiger partial charge in [-0.2, -0.15) is 0 Å². The molecule has 0 bridgehead atoms. The molecule has 1 aliphatic carbocycles. The molecule has 0 heterocycles. The summed E-state index contributed by atoms with van der Waals surface area (Å²) in [7, 11) is 0. The van der Waals surface area contributed by atoms with Gasteiger partial charge in [0.2, 0.25) is 5.78 Å². The number of phenols is 3. The van der Waals surface area contributed by atoms with Gasteiger partial charge in [-0.15, -0.1) is 0 Å². The van der Waals surface area contributed by atoms with Crippen LogP contribution in [-0.2, 0) is 4.79 Å². The highest BCUT2D eigenvalue weighted by Crippen LogP contribution is 2.33. The predicted molar refractivity (Wildman–Crippen MR) is 135 cm³/mol. The fourth-order valence-corrected chi connectivity index (χ4v) is 3.74. The van der Waals surface area contributed by atoms with Crippen LogP contribution in [0.3, 0.4) is 0 Å². The summed E-state index contributed by atoms with van der Waals surface area (Å²) in [6, 6.07) is 13.0. The Bertz CT molecular complexity index is 1400. The van der Waals surface area contributed by atoms with Crippen LogP contribution in [-0.4, -0.2) is 26.8 Å². The first kappa shape index (κ1) is 23.5. The number of aliphatic imine (C=N–C) groups is 1. The Morgan fingerprint density at radius 1 is 0.647 bits per heavy atom. The number of carbonyl (C=O) groups is 1. The molecule has 34 heavy (non-hydrogen) atoms. The summed E-state index contributed by atoms with van der Waals surface area (Å²) in [4.78, 5) is 17.5. The summed E-state index contributed by atoms with van der Waals surface area (Å²) >= 11 is 18.6. The van der Waals surface area contributed by atoms with Crippen LogP contribution in [0, 0.1) is 0 Å². The van der Waals surface area contributed by atoms with Crippen LogP contribution in [0.25, 0.3) is 0 Å². The van der Waals surface area contributed by atoms with Gasteiger partial charge >= 0.3 is 0 Å². The van der Waals surface area contributed by atoms with Crippen LogP contribution in [0.15, 0.2) is 83.1 Å². The molecule has 10 heteroatoms. The number of phenolic OH excluding ortho intramolecular Hbond substituents is 3. The van der Waals surface area contributed by atoms with Crippen molar-refractivity contribution in [1.29, 1.82) is 0 Å². The number of aromatic hydroxyl groups is 3. The first-order chi connectivity index (χ1) is 16.2. The first-order valence-electron chi connectivity index (χ1n) is 9.76. The average molecular weight is 517 g/mol. The zero-order chi connectivity index (χ0) is 24.4. The molecule has 0 amide bonds. The molecule has 0 fully saturated rings. The summed E-state index contributed by atoms with van der Waals surface area (Å²) in [5.41, 5.74) is 2.02. The summed E-state index contributed by atoms with van der Waals surface area (Å²) in [6.07, 6.45) is 2.83. The van der Waals surface area contributed by atoms with Crippen molar-refractivity contribution in [3.8, 4) is 17.2 Å². The molecule has 0 spiro atoms. The largest absolute Gasteiger partial charge is 0.508 e. The van der Waals surface area contributed by atoms with E-state index in [0.29, 0.717) is 28.5 Å². The van der Waals surface area contributed by atoms with E-state index in [9.17, 15) is 20.1 Å². The number of carbonyl (C=O) groups excluding carboxylic acids is 1. The number of benzene rings is 3. The Balaban J connectivity index is 1.75. The monoisotopic (exact) mass is 515 g/mol.